The van der Waals surface area contributed by atoms with Crippen LogP contribution >= 0.6 is 0 Å². The van der Waals surface area contributed by atoms with Crippen LogP contribution in [0.1, 0.15) is 35.7 Å². The standard InChI is InChI=1S/C16H22N2O/c1-3-10-18(11-4-2)16(19)14-7-8-15-13(12-14)6-5-9-17-15/h3,7-8,12,17H,1,4-6,9-11H2,2H3. The molecule has 1 heterocycles. The molecule has 3 heteroatoms. The second kappa shape index (κ2) is 6.41. The zero-order valence-electron chi connectivity index (χ0n) is 11.6. The smallest absolute Gasteiger partial charge is 0.254 e. The number of nitrogens with zero attached hydrogens (tertiary/aromatic N) is 1. The zero-order valence-corrected chi connectivity index (χ0v) is 11.6. The Morgan fingerprint density at radius 2 is 2.37 bits per heavy atom. The first-order chi connectivity index (χ1) is 9.26. The molecule has 0 saturated heterocycles. The van der Waals surface area contributed by atoms with Crippen molar-refractivity contribution in [2.75, 3.05) is 25.0 Å². The number of carbonyl (C=O) groups is 1. The normalized spacial score (nSPS) is 13.3. The number of carbonyl (C=O) groups excluding carboxylic acids is 1. The van der Waals surface area contributed by atoms with E-state index in [-0.39, 0.29) is 5.91 Å². The molecule has 0 unspecified atom stereocenters. The van der Waals surface area contributed by atoms with Crippen molar-refractivity contribution in [3.05, 3.63) is 42.0 Å². The molecule has 102 valence electrons. The highest BCUT2D eigenvalue weighted by atomic mass is 16.2. The first-order valence-corrected chi connectivity index (χ1v) is 7.03. The van der Waals surface area contributed by atoms with Crippen molar-refractivity contribution in [2.24, 2.45) is 0 Å². The van der Waals surface area contributed by atoms with Crippen molar-refractivity contribution in [1.29, 1.82) is 0 Å². The Morgan fingerprint density at radius 3 is 3.11 bits per heavy atom. The average Bonchev–Trinajstić information content (AvgIpc) is 2.46. The van der Waals surface area contributed by atoms with E-state index in [0.717, 1.165) is 37.9 Å². The van der Waals surface area contributed by atoms with E-state index in [4.69, 9.17) is 0 Å². The molecule has 2 rings (SSSR count). The highest BCUT2D eigenvalue weighted by Gasteiger charge is 2.16. The van der Waals surface area contributed by atoms with Crippen LogP contribution in [0, 0.1) is 0 Å². The van der Waals surface area contributed by atoms with Crippen molar-refractivity contribution >= 4 is 11.6 Å². The lowest BCUT2D eigenvalue weighted by Crippen LogP contribution is -2.32. The van der Waals surface area contributed by atoms with Gasteiger partial charge in [0.15, 0.2) is 0 Å². The van der Waals surface area contributed by atoms with E-state index in [1.807, 2.05) is 23.1 Å². The van der Waals surface area contributed by atoms with Gasteiger partial charge in [-0.15, -0.1) is 6.58 Å². The number of hydrogen-bond acceptors (Lipinski definition) is 2. The highest BCUT2D eigenvalue weighted by molar-refractivity contribution is 5.95. The van der Waals surface area contributed by atoms with Gasteiger partial charge < -0.3 is 10.2 Å². The molecule has 1 aromatic carbocycles. The molecule has 0 atom stereocenters. The molecule has 1 aromatic rings. The lowest BCUT2D eigenvalue weighted by molar-refractivity contribution is 0.0774. The molecule has 0 saturated carbocycles. The Kier molecular flexibility index (Phi) is 4.61. The fourth-order valence-corrected chi connectivity index (χ4v) is 2.49. The molecule has 1 aliphatic rings. The summed E-state index contributed by atoms with van der Waals surface area (Å²) in [6.07, 6.45) is 4.94. The van der Waals surface area contributed by atoms with Crippen LogP contribution < -0.4 is 5.32 Å². The maximum absolute atomic E-state index is 12.5. The van der Waals surface area contributed by atoms with Gasteiger partial charge in [-0.25, -0.2) is 0 Å². The van der Waals surface area contributed by atoms with Crippen LogP contribution in [0.3, 0.4) is 0 Å². The number of rotatable bonds is 5. The van der Waals surface area contributed by atoms with E-state index < -0.39 is 0 Å². The molecule has 1 aliphatic heterocycles. The lowest BCUT2D eigenvalue weighted by Gasteiger charge is -2.22. The summed E-state index contributed by atoms with van der Waals surface area (Å²) in [7, 11) is 0. The van der Waals surface area contributed by atoms with Crippen LogP contribution in [0.4, 0.5) is 5.69 Å². The highest BCUT2D eigenvalue weighted by Crippen LogP contribution is 2.23. The topological polar surface area (TPSA) is 32.3 Å². The van der Waals surface area contributed by atoms with Gasteiger partial charge in [-0.05, 0) is 43.0 Å². The van der Waals surface area contributed by atoms with Gasteiger partial charge in [-0.1, -0.05) is 13.0 Å². The van der Waals surface area contributed by atoms with Crippen molar-refractivity contribution in [3.63, 3.8) is 0 Å². The zero-order chi connectivity index (χ0) is 13.7. The number of hydrogen-bond donors (Lipinski definition) is 1. The van der Waals surface area contributed by atoms with E-state index in [2.05, 4.69) is 18.8 Å². The fourth-order valence-electron chi connectivity index (χ4n) is 2.49. The summed E-state index contributed by atoms with van der Waals surface area (Å²) in [5, 5.41) is 3.37. The van der Waals surface area contributed by atoms with Gasteiger partial charge in [0.1, 0.15) is 0 Å². The summed E-state index contributed by atoms with van der Waals surface area (Å²) in [6.45, 7) is 8.23. The minimum Gasteiger partial charge on any atom is -0.385 e. The Labute approximate surface area is 115 Å². The molecule has 1 N–H and O–H groups in total. The van der Waals surface area contributed by atoms with Gasteiger partial charge in [0, 0.05) is 30.9 Å². The van der Waals surface area contributed by atoms with Gasteiger partial charge in [0.2, 0.25) is 0 Å². The van der Waals surface area contributed by atoms with E-state index >= 15 is 0 Å². The van der Waals surface area contributed by atoms with Gasteiger partial charge in [-0.3, -0.25) is 4.79 Å². The van der Waals surface area contributed by atoms with Crippen LogP contribution in [-0.2, 0) is 6.42 Å². The first-order valence-electron chi connectivity index (χ1n) is 7.03. The number of amides is 1. The van der Waals surface area contributed by atoms with Crippen molar-refractivity contribution in [1.82, 2.24) is 4.90 Å². The van der Waals surface area contributed by atoms with Crippen LogP contribution in [0.5, 0.6) is 0 Å². The van der Waals surface area contributed by atoms with Gasteiger partial charge >= 0.3 is 0 Å². The molecular formula is C16H22N2O. The SMILES string of the molecule is C=CCN(CCC)C(=O)c1ccc2c(c1)CCCN2. The molecule has 0 bridgehead atoms. The van der Waals surface area contributed by atoms with Gasteiger partial charge in [0.25, 0.3) is 5.91 Å². The molecule has 0 spiro atoms. The summed E-state index contributed by atoms with van der Waals surface area (Å²) >= 11 is 0. The molecule has 0 aromatic heterocycles. The summed E-state index contributed by atoms with van der Waals surface area (Å²) in [4.78, 5) is 14.3. The molecule has 19 heavy (non-hydrogen) atoms. The Balaban J connectivity index is 2.19. The number of fused-ring (bicyclic) bond motifs is 1. The van der Waals surface area contributed by atoms with Gasteiger partial charge in [-0.2, -0.15) is 0 Å². The molecule has 0 radical (unpaired) electrons. The third kappa shape index (κ3) is 3.16. The average molecular weight is 258 g/mol. The second-order valence-electron chi connectivity index (χ2n) is 4.94. The number of benzene rings is 1. The molecule has 0 aliphatic carbocycles. The predicted molar refractivity (Wildman–Crippen MR) is 79.6 cm³/mol. The van der Waals surface area contributed by atoms with Crippen molar-refractivity contribution < 1.29 is 4.79 Å². The maximum atomic E-state index is 12.5. The Hall–Kier alpha value is -1.77. The molecular weight excluding hydrogens is 236 g/mol. The van der Waals surface area contributed by atoms with Crippen LogP contribution in [0.2, 0.25) is 0 Å². The van der Waals surface area contributed by atoms with E-state index in [0.29, 0.717) is 6.54 Å². The summed E-state index contributed by atoms with van der Waals surface area (Å²) in [5.74, 6) is 0.107. The van der Waals surface area contributed by atoms with Crippen LogP contribution in [0.15, 0.2) is 30.9 Å². The number of anilines is 1. The van der Waals surface area contributed by atoms with Crippen molar-refractivity contribution in [2.45, 2.75) is 26.2 Å². The number of nitrogens with one attached hydrogen (secondary N) is 1. The van der Waals surface area contributed by atoms with E-state index in [9.17, 15) is 4.79 Å². The predicted octanol–water partition coefficient (Wildman–Crippen LogP) is 3.08. The van der Waals surface area contributed by atoms with Gasteiger partial charge in [0.05, 0.1) is 0 Å². The summed E-state index contributed by atoms with van der Waals surface area (Å²) in [6, 6.07) is 5.99. The van der Waals surface area contributed by atoms with E-state index in [1.165, 1.54) is 11.3 Å². The third-order valence-corrected chi connectivity index (χ3v) is 3.42. The minimum atomic E-state index is 0.107. The summed E-state index contributed by atoms with van der Waals surface area (Å²) < 4.78 is 0. The molecule has 1 amide bonds. The lowest BCUT2D eigenvalue weighted by atomic mass is 10.0. The summed E-state index contributed by atoms with van der Waals surface area (Å²) in [5.41, 5.74) is 3.22. The van der Waals surface area contributed by atoms with Crippen molar-refractivity contribution in [3.8, 4) is 0 Å². The largest absolute Gasteiger partial charge is 0.385 e. The monoisotopic (exact) mass is 258 g/mol. The molecule has 3 nitrogen and oxygen atoms in total. The Morgan fingerprint density at radius 1 is 1.53 bits per heavy atom. The third-order valence-electron chi connectivity index (χ3n) is 3.42. The first kappa shape index (κ1) is 13.7. The van der Waals surface area contributed by atoms with E-state index in [1.54, 1.807) is 6.08 Å². The fraction of sp³-hybridized carbons (Fsp3) is 0.438. The Bertz CT molecular complexity index is 468. The quantitative estimate of drug-likeness (QED) is 0.823. The van der Waals surface area contributed by atoms with Crippen LogP contribution in [0.25, 0.3) is 0 Å². The second-order valence-corrected chi connectivity index (χ2v) is 4.94. The van der Waals surface area contributed by atoms with Crippen LogP contribution in [-0.4, -0.2) is 30.4 Å². The minimum absolute atomic E-state index is 0.107. The maximum Gasteiger partial charge on any atom is 0.254 e. The number of aryl methyl sites for hydroxylation is 1. The molecule has 0 fully saturated rings.